The van der Waals surface area contributed by atoms with Gasteiger partial charge in [0, 0.05) is 5.69 Å². The summed E-state index contributed by atoms with van der Waals surface area (Å²) >= 11 is 1.29. The number of thioether (sulfide) groups is 1. The predicted molar refractivity (Wildman–Crippen MR) is 73.1 cm³/mol. The minimum Gasteiger partial charge on any atom is -0.465 e. The average molecular weight is 276 g/mol. The lowest BCUT2D eigenvalue weighted by molar-refractivity contribution is -0.139. The second kappa shape index (κ2) is 6.07. The molecule has 0 atom stereocenters. The lowest BCUT2D eigenvalue weighted by atomic mass is 10.1. The normalized spacial score (nSPS) is 12.9. The Balaban J connectivity index is 2.24. The highest BCUT2D eigenvalue weighted by molar-refractivity contribution is 7.99. The zero-order chi connectivity index (χ0) is 13.8. The van der Waals surface area contributed by atoms with Gasteiger partial charge in [0.25, 0.3) is 0 Å². The van der Waals surface area contributed by atoms with Gasteiger partial charge >= 0.3 is 5.97 Å². The summed E-state index contributed by atoms with van der Waals surface area (Å²) in [4.78, 5) is 15.9. The molecule has 1 aliphatic rings. The highest BCUT2D eigenvalue weighted by atomic mass is 32.2. The number of aromatic nitrogens is 1. The maximum absolute atomic E-state index is 11.4. The Morgan fingerprint density at radius 2 is 2.21 bits per heavy atom. The van der Waals surface area contributed by atoms with Gasteiger partial charge in [0.05, 0.1) is 17.9 Å². The molecule has 19 heavy (non-hydrogen) atoms. The lowest BCUT2D eigenvalue weighted by Crippen LogP contribution is -2.08. The number of fused-ring (bicyclic) bond motifs is 1. The fourth-order valence-corrected chi connectivity index (χ4v) is 3.23. The second-order valence-electron chi connectivity index (χ2n) is 4.39. The SMILES string of the molecule is CCOC(=O)CSc1nc(C)c2c(c1C#N)CCC2. The summed E-state index contributed by atoms with van der Waals surface area (Å²) in [5, 5.41) is 9.98. The summed E-state index contributed by atoms with van der Waals surface area (Å²) < 4.78 is 4.89. The number of carbonyl (C=O) groups is 1. The number of hydrogen-bond acceptors (Lipinski definition) is 5. The first-order valence-electron chi connectivity index (χ1n) is 6.38. The third-order valence-corrected chi connectivity index (χ3v) is 4.13. The van der Waals surface area contributed by atoms with Gasteiger partial charge in [-0.15, -0.1) is 0 Å². The van der Waals surface area contributed by atoms with Crippen molar-refractivity contribution in [2.24, 2.45) is 0 Å². The van der Waals surface area contributed by atoms with E-state index in [-0.39, 0.29) is 11.7 Å². The van der Waals surface area contributed by atoms with E-state index in [9.17, 15) is 10.1 Å². The van der Waals surface area contributed by atoms with Crippen LogP contribution in [0.4, 0.5) is 0 Å². The first-order chi connectivity index (χ1) is 9.17. The van der Waals surface area contributed by atoms with Crippen LogP contribution in [-0.4, -0.2) is 23.3 Å². The molecule has 5 heteroatoms. The number of ether oxygens (including phenoxy) is 1. The molecule has 4 nitrogen and oxygen atoms in total. The zero-order valence-electron chi connectivity index (χ0n) is 11.2. The van der Waals surface area contributed by atoms with Crippen molar-refractivity contribution >= 4 is 17.7 Å². The molecule has 0 radical (unpaired) electrons. The van der Waals surface area contributed by atoms with Crippen molar-refractivity contribution in [1.29, 1.82) is 5.26 Å². The van der Waals surface area contributed by atoms with E-state index in [2.05, 4.69) is 11.1 Å². The summed E-state index contributed by atoms with van der Waals surface area (Å²) in [5.74, 6) is -0.0651. The van der Waals surface area contributed by atoms with Gasteiger partial charge in [-0.1, -0.05) is 11.8 Å². The van der Waals surface area contributed by atoms with Gasteiger partial charge in [0.2, 0.25) is 0 Å². The molecule has 0 saturated carbocycles. The number of pyridine rings is 1. The van der Waals surface area contributed by atoms with Crippen molar-refractivity contribution in [1.82, 2.24) is 4.98 Å². The Morgan fingerprint density at radius 3 is 2.89 bits per heavy atom. The number of aryl methyl sites for hydroxylation is 1. The quantitative estimate of drug-likeness (QED) is 0.624. The monoisotopic (exact) mass is 276 g/mol. The minimum atomic E-state index is -0.267. The van der Waals surface area contributed by atoms with Crippen molar-refractivity contribution in [3.05, 3.63) is 22.4 Å². The van der Waals surface area contributed by atoms with E-state index in [4.69, 9.17) is 4.74 Å². The van der Waals surface area contributed by atoms with Crippen LogP contribution in [0.15, 0.2) is 5.03 Å². The van der Waals surface area contributed by atoms with E-state index in [0.717, 1.165) is 30.5 Å². The number of carbonyl (C=O) groups excluding carboxylic acids is 1. The van der Waals surface area contributed by atoms with Crippen LogP contribution in [0, 0.1) is 18.3 Å². The Labute approximate surface area is 117 Å². The molecule has 1 aromatic heterocycles. The molecule has 0 aliphatic heterocycles. The van der Waals surface area contributed by atoms with E-state index < -0.39 is 0 Å². The molecular weight excluding hydrogens is 260 g/mol. The zero-order valence-corrected chi connectivity index (χ0v) is 12.0. The molecule has 0 spiro atoms. The third kappa shape index (κ3) is 2.90. The molecule has 2 rings (SSSR count). The first kappa shape index (κ1) is 13.9. The molecule has 1 aliphatic carbocycles. The Bertz CT molecular complexity index is 549. The number of rotatable bonds is 4. The Hall–Kier alpha value is -1.54. The lowest BCUT2D eigenvalue weighted by Gasteiger charge is -2.10. The van der Waals surface area contributed by atoms with Crippen molar-refractivity contribution in [2.45, 2.75) is 38.1 Å². The molecule has 100 valence electrons. The van der Waals surface area contributed by atoms with Crippen LogP contribution in [0.1, 0.15) is 35.7 Å². The molecule has 0 N–H and O–H groups in total. The van der Waals surface area contributed by atoms with E-state index in [1.807, 2.05) is 6.92 Å². The minimum absolute atomic E-state index is 0.202. The number of nitriles is 1. The van der Waals surface area contributed by atoms with Gasteiger partial charge in [-0.2, -0.15) is 5.26 Å². The van der Waals surface area contributed by atoms with Crippen LogP contribution in [0.5, 0.6) is 0 Å². The smallest absolute Gasteiger partial charge is 0.316 e. The van der Waals surface area contributed by atoms with Gasteiger partial charge in [0.15, 0.2) is 0 Å². The maximum Gasteiger partial charge on any atom is 0.316 e. The fraction of sp³-hybridized carbons (Fsp3) is 0.500. The largest absolute Gasteiger partial charge is 0.465 e. The van der Waals surface area contributed by atoms with Crippen molar-refractivity contribution < 1.29 is 9.53 Å². The topological polar surface area (TPSA) is 63.0 Å². The van der Waals surface area contributed by atoms with Crippen LogP contribution in [0.3, 0.4) is 0 Å². The van der Waals surface area contributed by atoms with E-state index in [0.29, 0.717) is 17.2 Å². The van der Waals surface area contributed by atoms with Crippen LogP contribution in [0.2, 0.25) is 0 Å². The fourth-order valence-electron chi connectivity index (χ4n) is 2.37. The van der Waals surface area contributed by atoms with Crippen LogP contribution in [0.25, 0.3) is 0 Å². The van der Waals surface area contributed by atoms with Crippen molar-refractivity contribution in [3.63, 3.8) is 0 Å². The maximum atomic E-state index is 11.4. The summed E-state index contributed by atoms with van der Waals surface area (Å²) in [5.41, 5.74) is 3.98. The van der Waals surface area contributed by atoms with E-state index >= 15 is 0 Å². The molecule has 0 saturated heterocycles. The molecule has 0 unspecified atom stereocenters. The van der Waals surface area contributed by atoms with Gasteiger partial charge in [-0.3, -0.25) is 4.79 Å². The summed E-state index contributed by atoms with van der Waals surface area (Å²) in [6.45, 7) is 4.13. The molecule has 1 heterocycles. The molecule has 0 bridgehead atoms. The molecule has 0 aromatic carbocycles. The van der Waals surface area contributed by atoms with Gasteiger partial charge < -0.3 is 4.74 Å². The Morgan fingerprint density at radius 1 is 1.47 bits per heavy atom. The van der Waals surface area contributed by atoms with E-state index in [1.165, 1.54) is 17.3 Å². The predicted octanol–water partition coefficient (Wildman–Crippen LogP) is 2.41. The summed E-state index contributed by atoms with van der Waals surface area (Å²) in [6, 6.07) is 2.24. The first-order valence-corrected chi connectivity index (χ1v) is 7.36. The van der Waals surface area contributed by atoms with Crippen LogP contribution < -0.4 is 0 Å². The van der Waals surface area contributed by atoms with Crippen molar-refractivity contribution in [3.8, 4) is 6.07 Å². The number of nitrogens with zero attached hydrogens (tertiary/aromatic N) is 2. The van der Waals surface area contributed by atoms with Gasteiger partial charge in [0.1, 0.15) is 11.1 Å². The molecule has 0 amide bonds. The summed E-state index contributed by atoms with van der Waals surface area (Å²) in [6.07, 6.45) is 3.03. The molecular formula is C14H16N2O2S. The highest BCUT2D eigenvalue weighted by Gasteiger charge is 2.22. The third-order valence-electron chi connectivity index (χ3n) is 3.18. The van der Waals surface area contributed by atoms with Crippen LogP contribution >= 0.6 is 11.8 Å². The van der Waals surface area contributed by atoms with E-state index in [1.54, 1.807) is 6.92 Å². The van der Waals surface area contributed by atoms with Gasteiger partial charge in [-0.25, -0.2) is 4.98 Å². The highest BCUT2D eigenvalue weighted by Crippen LogP contribution is 2.32. The molecule has 1 aromatic rings. The number of hydrogen-bond donors (Lipinski definition) is 0. The summed E-state index contributed by atoms with van der Waals surface area (Å²) in [7, 11) is 0. The number of esters is 1. The second-order valence-corrected chi connectivity index (χ2v) is 5.36. The molecule has 0 fully saturated rings. The Kier molecular flexibility index (Phi) is 4.43. The van der Waals surface area contributed by atoms with Gasteiger partial charge in [-0.05, 0) is 44.2 Å². The van der Waals surface area contributed by atoms with Crippen LogP contribution in [-0.2, 0) is 22.4 Å². The average Bonchev–Trinajstić information content (AvgIpc) is 2.86. The standard InChI is InChI=1S/C14H16N2O2S/c1-3-18-13(17)8-19-14-12(7-15)11-6-4-5-10(11)9(2)16-14/h3-6,8H2,1-2H3. The van der Waals surface area contributed by atoms with Crippen molar-refractivity contribution in [2.75, 3.05) is 12.4 Å².